The fourth-order valence-electron chi connectivity index (χ4n) is 2.66. The molecule has 0 saturated carbocycles. The molecular formula is C17H19N3O4S2. The summed E-state index contributed by atoms with van der Waals surface area (Å²) in [5.41, 5.74) is 6.56. The van der Waals surface area contributed by atoms with Gasteiger partial charge in [-0.3, -0.25) is 9.10 Å². The van der Waals surface area contributed by atoms with E-state index in [1.807, 2.05) is 6.92 Å². The van der Waals surface area contributed by atoms with Crippen LogP contribution in [-0.2, 0) is 14.8 Å². The first-order chi connectivity index (χ1) is 12.4. The Morgan fingerprint density at radius 1 is 1.31 bits per heavy atom. The Bertz CT molecular complexity index is 1010. The van der Waals surface area contributed by atoms with E-state index in [1.54, 1.807) is 41.8 Å². The lowest BCUT2D eigenvalue weighted by Gasteiger charge is -2.24. The number of aromatic amines is 1. The van der Waals surface area contributed by atoms with Crippen LogP contribution in [0.25, 0.3) is 10.9 Å². The van der Waals surface area contributed by atoms with Crippen molar-refractivity contribution >= 4 is 43.9 Å². The largest absolute Gasteiger partial charge is 0.380 e. The second-order valence-electron chi connectivity index (χ2n) is 5.49. The lowest BCUT2D eigenvalue weighted by Crippen LogP contribution is -2.34. The van der Waals surface area contributed by atoms with Crippen LogP contribution in [0.1, 0.15) is 17.4 Å². The Morgan fingerprint density at radius 2 is 2.12 bits per heavy atom. The topological polar surface area (TPSA) is 105 Å². The number of benzene rings is 1. The van der Waals surface area contributed by atoms with Gasteiger partial charge in [0.05, 0.1) is 24.4 Å². The number of fused-ring (bicyclic) bond motifs is 1. The Kier molecular flexibility index (Phi) is 5.30. The van der Waals surface area contributed by atoms with Gasteiger partial charge in [-0.1, -0.05) is 18.2 Å². The molecule has 7 nitrogen and oxygen atoms in total. The van der Waals surface area contributed by atoms with E-state index in [9.17, 15) is 13.2 Å². The van der Waals surface area contributed by atoms with Crippen LogP contribution in [0.4, 0.5) is 5.69 Å². The van der Waals surface area contributed by atoms with Gasteiger partial charge in [-0.05, 0) is 30.5 Å². The maximum Gasteiger partial charge on any atom is 0.273 e. The summed E-state index contributed by atoms with van der Waals surface area (Å²) >= 11 is 1.15. The molecule has 138 valence electrons. The van der Waals surface area contributed by atoms with E-state index in [0.717, 1.165) is 11.3 Å². The third kappa shape index (κ3) is 3.46. The third-order valence-electron chi connectivity index (χ3n) is 3.85. The van der Waals surface area contributed by atoms with E-state index in [-0.39, 0.29) is 23.1 Å². The van der Waals surface area contributed by atoms with E-state index in [2.05, 4.69) is 4.98 Å². The van der Waals surface area contributed by atoms with Crippen LogP contribution in [-0.4, -0.2) is 39.1 Å². The molecule has 1 aromatic carbocycles. The zero-order valence-electron chi connectivity index (χ0n) is 14.1. The number of carbonyl (C=O) groups is 1. The Labute approximate surface area is 155 Å². The molecule has 9 heteroatoms. The average molecular weight is 393 g/mol. The highest BCUT2D eigenvalue weighted by Crippen LogP contribution is 2.32. The Balaban J connectivity index is 2.13. The molecule has 0 aliphatic carbocycles. The van der Waals surface area contributed by atoms with E-state index in [0.29, 0.717) is 23.2 Å². The van der Waals surface area contributed by atoms with Gasteiger partial charge < -0.3 is 15.5 Å². The third-order valence-corrected chi connectivity index (χ3v) is 7.04. The average Bonchev–Trinajstić information content (AvgIpc) is 3.27. The van der Waals surface area contributed by atoms with Crippen molar-refractivity contribution in [1.82, 2.24) is 4.98 Å². The van der Waals surface area contributed by atoms with Gasteiger partial charge in [0, 0.05) is 12.0 Å². The number of ether oxygens (including phenoxy) is 1. The van der Waals surface area contributed by atoms with Crippen LogP contribution in [0.5, 0.6) is 0 Å². The zero-order valence-corrected chi connectivity index (χ0v) is 15.8. The lowest BCUT2D eigenvalue weighted by atomic mass is 10.2. The molecule has 0 saturated heterocycles. The second kappa shape index (κ2) is 7.48. The van der Waals surface area contributed by atoms with Crippen molar-refractivity contribution in [3.63, 3.8) is 0 Å². The first-order valence-corrected chi connectivity index (χ1v) is 10.3. The predicted molar refractivity (Wildman–Crippen MR) is 102 cm³/mol. The molecule has 0 aliphatic heterocycles. The monoisotopic (exact) mass is 393 g/mol. The van der Waals surface area contributed by atoms with Crippen LogP contribution in [0.3, 0.4) is 0 Å². The maximum atomic E-state index is 13.1. The summed E-state index contributed by atoms with van der Waals surface area (Å²) in [6.45, 7) is 2.74. The molecule has 2 heterocycles. The summed E-state index contributed by atoms with van der Waals surface area (Å²) in [4.78, 5) is 14.4. The number of sulfonamides is 1. The van der Waals surface area contributed by atoms with Gasteiger partial charge in [-0.15, -0.1) is 11.3 Å². The SMILES string of the molecule is CCOCCN(c1cccc2cc(C(N)=O)[nH]c12)S(=O)(=O)c1cccs1. The minimum absolute atomic E-state index is 0.151. The fourth-order valence-corrected chi connectivity index (χ4v) is 5.23. The number of primary amides is 1. The van der Waals surface area contributed by atoms with Crippen molar-refractivity contribution in [3.8, 4) is 0 Å². The molecule has 0 unspecified atom stereocenters. The Hall–Kier alpha value is -2.36. The molecule has 0 fully saturated rings. The highest BCUT2D eigenvalue weighted by Gasteiger charge is 2.27. The number of nitrogens with one attached hydrogen (secondary N) is 1. The molecule has 0 bridgehead atoms. The van der Waals surface area contributed by atoms with Gasteiger partial charge in [-0.25, -0.2) is 8.42 Å². The molecule has 1 amide bonds. The Morgan fingerprint density at radius 3 is 2.77 bits per heavy atom. The normalized spacial score (nSPS) is 11.7. The summed E-state index contributed by atoms with van der Waals surface area (Å²) < 4.78 is 33.2. The highest BCUT2D eigenvalue weighted by molar-refractivity contribution is 7.94. The summed E-state index contributed by atoms with van der Waals surface area (Å²) in [6, 6.07) is 10.1. The smallest absolute Gasteiger partial charge is 0.273 e. The molecular weight excluding hydrogens is 374 g/mol. The quantitative estimate of drug-likeness (QED) is 0.574. The van der Waals surface area contributed by atoms with E-state index < -0.39 is 15.9 Å². The maximum absolute atomic E-state index is 13.1. The number of thiophene rings is 1. The molecule has 26 heavy (non-hydrogen) atoms. The molecule has 0 aliphatic rings. The van der Waals surface area contributed by atoms with Gasteiger partial charge in [0.25, 0.3) is 15.9 Å². The summed E-state index contributed by atoms with van der Waals surface area (Å²) in [6.07, 6.45) is 0. The van der Waals surface area contributed by atoms with E-state index in [4.69, 9.17) is 10.5 Å². The van der Waals surface area contributed by atoms with Crippen LogP contribution in [0.2, 0.25) is 0 Å². The first-order valence-electron chi connectivity index (χ1n) is 8.00. The number of para-hydroxylation sites is 1. The first kappa shape index (κ1) is 18.4. The minimum atomic E-state index is -3.76. The van der Waals surface area contributed by atoms with Gasteiger partial charge in [0.1, 0.15) is 9.90 Å². The van der Waals surface area contributed by atoms with Gasteiger partial charge >= 0.3 is 0 Å². The number of nitrogens with zero attached hydrogens (tertiary/aromatic N) is 1. The van der Waals surface area contributed by atoms with Crippen LogP contribution < -0.4 is 10.0 Å². The number of hydrogen-bond donors (Lipinski definition) is 2. The molecule has 3 rings (SSSR count). The van der Waals surface area contributed by atoms with Gasteiger partial charge in [-0.2, -0.15) is 0 Å². The number of aromatic nitrogens is 1. The second-order valence-corrected chi connectivity index (χ2v) is 8.53. The predicted octanol–water partition coefficient (Wildman–Crippen LogP) is 2.56. The minimum Gasteiger partial charge on any atom is -0.380 e. The van der Waals surface area contributed by atoms with E-state index in [1.165, 1.54) is 4.31 Å². The molecule has 3 aromatic rings. The van der Waals surface area contributed by atoms with Gasteiger partial charge in [0.15, 0.2) is 0 Å². The van der Waals surface area contributed by atoms with Crippen molar-refractivity contribution in [3.05, 3.63) is 47.5 Å². The van der Waals surface area contributed by atoms with Crippen molar-refractivity contribution in [2.45, 2.75) is 11.1 Å². The summed E-state index contributed by atoms with van der Waals surface area (Å²) in [7, 11) is -3.76. The number of anilines is 1. The summed E-state index contributed by atoms with van der Waals surface area (Å²) in [5.74, 6) is -0.603. The van der Waals surface area contributed by atoms with Crippen LogP contribution in [0.15, 0.2) is 46.0 Å². The highest BCUT2D eigenvalue weighted by atomic mass is 32.2. The van der Waals surface area contributed by atoms with Gasteiger partial charge in [0.2, 0.25) is 0 Å². The van der Waals surface area contributed by atoms with Crippen LogP contribution >= 0.6 is 11.3 Å². The molecule has 3 N–H and O–H groups in total. The molecule has 2 aromatic heterocycles. The molecule has 0 radical (unpaired) electrons. The lowest BCUT2D eigenvalue weighted by molar-refractivity contribution is 0.0996. The number of carbonyl (C=O) groups excluding carboxylic acids is 1. The van der Waals surface area contributed by atoms with Crippen LogP contribution in [0, 0.1) is 0 Å². The number of amides is 1. The number of hydrogen-bond acceptors (Lipinski definition) is 5. The number of nitrogens with two attached hydrogens (primary N) is 1. The fraction of sp³-hybridized carbons (Fsp3) is 0.235. The van der Waals surface area contributed by atoms with Crippen molar-refractivity contribution in [2.24, 2.45) is 5.73 Å². The standard InChI is InChI=1S/C17H19N3O4S2/c1-2-24-9-8-20(26(22,23)15-7-4-10-25-15)14-6-3-5-12-11-13(17(18)21)19-16(12)14/h3-7,10-11,19H,2,8-9H2,1H3,(H2,18,21). The molecule has 0 spiro atoms. The number of H-pyrrole nitrogens is 1. The van der Waals surface area contributed by atoms with Crippen molar-refractivity contribution in [2.75, 3.05) is 24.1 Å². The van der Waals surface area contributed by atoms with Crippen molar-refractivity contribution < 1.29 is 17.9 Å². The summed E-state index contributed by atoms with van der Waals surface area (Å²) in [5, 5.41) is 2.42. The van der Waals surface area contributed by atoms with Crippen molar-refractivity contribution in [1.29, 1.82) is 0 Å². The number of rotatable bonds is 8. The zero-order chi connectivity index (χ0) is 18.7. The molecule has 0 atom stereocenters. The van der Waals surface area contributed by atoms with E-state index >= 15 is 0 Å².